The van der Waals surface area contributed by atoms with Crippen LogP contribution in [0.25, 0.3) is 16.9 Å². The van der Waals surface area contributed by atoms with Gasteiger partial charge < -0.3 is 14.6 Å². The maximum atomic E-state index is 12.2. The summed E-state index contributed by atoms with van der Waals surface area (Å²) in [6, 6.07) is 5.28. The van der Waals surface area contributed by atoms with Crippen LogP contribution in [0.2, 0.25) is 0 Å². The highest BCUT2D eigenvalue weighted by atomic mass is 32.2. The standard InChI is InChI=1S/C15H11N3O6S/c19-14-13-16-10(15(20)21)5-18(13)11-4-9-7(6-24-25(22)23)2-1-3-8(9)12(11)17-14/h1-3,5H,4,6H2,(H,17,19)(H,20,21)(H,22,23)/p-1. The van der Waals surface area contributed by atoms with Gasteiger partial charge in [-0.1, -0.05) is 18.2 Å². The number of H-pyrrole nitrogens is 1. The van der Waals surface area contributed by atoms with E-state index in [0.29, 0.717) is 23.4 Å². The molecule has 0 spiro atoms. The smallest absolute Gasteiger partial charge is 0.356 e. The number of aromatic nitrogens is 3. The van der Waals surface area contributed by atoms with Crippen molar-refractivity contribution in [2.75, 3.05) is 0 Å². The number of benzene rings is 1. The predicted octanol–water partition coefficient (Wildman–Crippen LogP) is 0.603. The van der Waals surface area contributed by atoms with Crippen LogP contribution in [0.5, 0.6) is 0 Å². The highest BCUT2D eigenvalue weighted by Crippen LogP contribution is 2.36. The minimum atomic E-state index is -2.63. The summed E-state index contributed by atoms with van der Waals surface area (Å²) in [7, 11) is 0. The van der Waals surface area contributed by atoms with Crippen molar-refractivity contribution in [3.63, 3.8) is 0 Å². The number of fused-ring (bicyclic) bond motifs is 5. The van der Waals surface area contributed by atoms with Crippen molar-refractivity contribution in [1.29, 1.82) is 0 Å². The first-order valence-corrected chi connectivity index (χ1v) is 8.17. The maximum absolute atomic E-state index is 12.2. The Morgan fingerprint density at radius 3 is 3.00 bits per heavy atom. The summed E-state index contributed by atoms with van der Waals surface area (Å²) >= 11 is -2.63. The van der Waals surface area contributed by atoms with Gasteiger partial charge in [0.2, 0.25) is 5.65 Å². The monoisotopic (exact) mass is 360 g/mol. The van der Waals surface area contributed by atoms with Crippen LogP contribution < -0.4 is 5.56 Å². The van der Waals surface area contributed by atoms with Crippen molar-refractivity contribution >= 4 is 23.0 Å². The van der Waals surface area contributed by atoms with Gasteiger partial charge in [-0.05, 0) is 11.1 Å². The van der Waals surface area contributed by atoms with Crippen LogP contribution >= 0.6 is 0 Å². The van der Waals surface area contributed by atoms with Crippen LogP contribution in [0.3, 0.4) is 0 Å². The largest absolute Gasteiger partial charge is 0.750 e. The van der Waals surface area contributed by atoms with Crippen molar-refractivity contribution in [1.82, 2.24) is 14.4 Å². The summed E-state index contributed by atoms with van der Waals surface area (Å²) in [5, 5.41) is 9.10. The summed E-state index contributed by atoms with van der Waals surface area (Å²) in [6.07, 6.45) is 1.69. The zero-order chi connectivity index (χ0) is 17.7. The van der Waals surface area contributed by atoms with E-state index >= 15 is 0 Å². The summed E-state index contributed by atoms with van der Waals surface area (Å²) in [6.45, 7) is -0.120. The third-order valence-electron chi connectivity index (χ3n) is 4.14. The fourth-order valence-corrected chi connectivity index (χ4v) is 3.32. The molecule has 128 valence electrons. The summed E-state index contributed by atoms with van der Waals surface area (Å²) in [5.74, 6) is -1.22. The van der Waals surface area contributed by atoms with Gasteiger partial charge in [-0.25, -0.2) is 14.0 Å². The van der Waals surface area contributed by atoms with Crippen LogP contribution in [-0.4, -0.2) is 34.2 Å². The number of aromatic amines is 1. The van der Waals surface area contributed by atoms with Gasteiger partial charge in [0.1, 0.15) is 0 Å². The van der Waals surface area contributed by atoms with Gasteiger partial charge in [-0.2, -0.15) is 0 Å². The van der Waals surface area contributed by atoms with Gasteiger partial charge in [0.15, 0.2) is 5.69 Å². The first-order chi connectivity index (χ1) is 12.0. The molecule has 4 rings (SSSR count). The number of imidazole rings is 1. The molecule has 1 unspecified atom stereocenters. The van der Waals surface area contributed by atoms with Crippen LogP contribution in [0, 0.1) is 0 Å². The van der Waals surface area contributed by atoms with Crippen LogP contribution in [0.1, 0.15) is 27.3 Å². The number of nitrogens with zero attached hydrogens (tertiary/aromatic N) is 2. The normalized spacial score (nSPS) is 13.6. The molecule has 0 radical (unpaired) electrons. The molecule has 25 heavy (non-hydrogen) atoms. The number of carbonyl (C=O) groups is 1. The second-order valence-corrected chi connectivity index (χ2v) is 6.13. The SMILES string of the molecule is O=C(O)c1cn2c3c([nH]c(=O)c2n1)-c1cccc(COS(=O)[O-])c1C3. The van der Waals surface area contributed by atoms with Crippen LogP contribution in [0.4, 0.5) is 0 Å². The highest BCUT2D eigenvalue weighted by Gasteiger charge is 2.26. The minimum absolute atomic E-state index is 0.00224. The van der Waals surface area contributed by atoms with Crippen molar-refractivity contribution in [2.24, 2.45) is 0 Å². The number of aromatic carboxylic acids is 1. The molecular formula is C15H10N3O6S-. The molecular weight excluding hydrogens is 350 g/mol. The van der Waals surface area contributed by atoms with E-state index in [2.05, 4.69) is 14.2 Å². The highest BCUT2D eigenvalue weighted by molar-refractivity contribution is 7.74. The predicted molar refractivity (Wildman–Crippen MR) is 84.7 cm³/mol. The van der Waals surface area contributed by atoms with E-state index < -0.39 is 22.9 Å². The summed E-state index contributed by atoms with van der Waals surface area (Å²) in [4.78, 5) is 30.0. The van der Waals surface area contributed by atoms with Gasteiger partial charge in [0.25, 0.3) is 5.56 Å². The van der Waals surface area contributed by atoms with E-state index in [1.165, 1.54) is 10.6 Å². The Labute approximate surface area is 142 Å². The molecule has 0 saturated heterocycles. The molecule has 2 aromatic heterocycles. The van der Waals surface area contributed by atoms with Gasteiger partial charge in [-0.15, -0.1) is 0 Å². The number of carboxylic acids is 1. The average molecular weight is 360 g/mol. The first-order valence-electron chi connectivity index (χ1n) is 7.17. The van der Waals surface area contributed by atoms with E-state index in [4.69, 9.17) is 5.11 Å². The summed E-state index contributed by atoms with van der Waals surface area (Å²) in [5.41, 5.74) is 2.76. The number of rotatable bonds is 4. The van der Waals surface area contributed by atoms with E-state index in [1.54, 1.807) is 18.2 Å². The second-order valence-electron chi connectivity index (χ2n) is 5.49. The average Bonchev–Trinajstić information content (AvgIpc) is 3.15. The molecule has 1 atom stereocenters. The molecule has 0 bridgehead atoms. The van der Waals surface area contributed by atoms with E-state index in [0.717, 1.165) is 11.1 Å². The topological polar surface area (TPSA) is 137 Å². The zero-order valence-corrected chi connectivity index (χ0v) is 13.3. The fourth-order valence-electron chi connectivity index (χ4n) is 3.10. The molecule has 10 heteroatoms. The molecule has 2 N–H and O–H groups in total. The Morgan fingerprint density at radius 1 is 1.48 bits per heavy atom. The Morgan fingerprint density at radius 2 is 2.28 bits per heavy atom. The Kier molecular flexibility index (Phi) is 3.53. The van der Waals surface area contributed by atoms with Gasteiger partial charge in [0.05, 0.1) is 29.4 Å². The van der Waals surface area contributed by atoms with E-state index in [9.17, 15) is 18.4 Å². The molecule has 0 fully saturated rings. The quantitative estimate of drug-likeness (QED) is 0.508. The Bertz CT molecular complexity index is 1120. The second kappa shape index (κ2) is 5.62. The van der Waals surface area contributed by atoms with Gasteiger partial charge in [0, 0.05) is 18.2 Å². The fraction of sp³-hybridized carbons (Fsp3) is 0.133. The van der Waals surface area contributed by atoms with Crippen LogP contribution in [0.15, 0.2) is 29.2 Å². The maximum Gasteiger partial charge on any atom is 0.356 e. The minimum Gasteiger partial charge on any atom is -0.750 e. The van der Waals surface area contributed by atoms with E-state index in [1.807, 2.05) is 0 Å². The molecule has 0 amide bonds. The molecule has 1 aliphatic rings. The third-order valence-corrected chi connectivity index (χ3v) is 4.45. The lowest BCUT2D eigenvalue weighted by atomic mass is 10.0. The Hall–Kier alpha value is -2.82. The molecule has 1 aromatic carbocycles. The molecule has 9 nitrogen and oxygen atoms in total. The number of carboxylic acid groups (broad SMARTS) is 1. The Balaban J connectivity index is 1.89. The van der Waals surface area contributed by atoms with E-state index in [-0.39, 0.29) is 17.9 Å². The number of hydrogen-bond donors (Lipinski definition) is 2. The number of nitrogens with one attached hydrogen (secondary N) is 1. The van der Waals surface area contributed by atoms with Crippen molar-refractivity contribution in [2.45, 2.75) is 13.0 Å². The molecule has 1 aliphatic carbocycles. The van der Waals surface area contributed by atoms with Crippen molar-refractivity contribution < 1.29 is 22.8 Å². The molecule has 0 aliphatic heterocycles. The lowest BCUT2D eigenvalue weighted by molar-refractivity contribution is 0.0691. The summed E-state index contributed by atoms with van der Waals surface area (Å²) < 4.78 is 27.4. The van der Waals surface area contributed by atoms with Gasteiger partial charge >= 0.3 is 5.97 Å². The van der Waals surface area contributed by atoms with Gasteiger partial charge in [-0.3, -0.25) is 13.4 Å². The lowest BCUT2D eigenvalue weighted by Crippen LogP contribution is -2.13. The lowest BCUT2D eigenvalue weighted by Gasteiger charge is -2.09. The molecule has 3 aromatic rings. The zero-order valence-electron chi connectivity index (χ0n) is 12.5. The van der Waals surface area contributed by atoms with Crippen molar-refractivity contribution in [3.8, 4) is 11.3 Å². The number of hydrogen-bond acceptors (Lipinski definition) is 6. The third kappa shape index (κ3) is 2.47. The molecule has 2 heterocycles. The first kappa shape index (κ1) is 15.7. The molecule has 0 saturated carbocycles. The van der Waals surface area contributed by atoms with Crippen LogP contribution in [-0.2, 0) is 28.6 Å². The van der Waals surface area contributed by atoms with Crippen molar-refractivity contribution in [3.05, 3.63) is 57.3 Å².